The molecule has 0 spiro atoms. The summed E-state index contributed by atoms with van der Waals surface area (Å²) in [4.78, 5) is 24.7. The second-order valence-corrected chi connectivity index (χ2v) is 5.52. The Morgan fingerprint density at radius 3 is 2.95 bits per heavy atom. The Morgan fingerprint density at radius 2 is 2.27 bits per heavy atom. The maximum absolute atomic E-state index is 12.4. The van der Waals surface area contributed by atoms with Crippen LogP contribution in [0, 0.1) is 0 Å². The van der Waals surface area contributed by atoms with Crippen LogP contribution in [0.5, 0.6) is 5.75 Å². The Labute approximate surface area is 131 Å². The highest BCUT2D eigenvalue weighted by atomic mass is 35.5. The van der Waals surface area contributed by atoms with Gasteiger partial charge >= 0.3 is 0 Å². The maximum atomic E-state index is 12.4. The molecule has 8 heteroatoms. The molecule has 7 nitrogen and oxygen atoms in total. The van der Waals surface area contributed by atoms with Crippen molar-refractivity contribution in [1.82, 2.24) is 9.78 Å². The maximum Gasteiger partial charge on any atom is 0.278 e. The first-order valence-corrected chi connectivity index (χ1v) is 6.86. The number of ether oxygens (including phenoxy) is 1. The van der Waals surface area contributed by atoms with Crippen LogP contribution in [0.2, 0.25) is 5.02 Å². The Morgan fingerprint density at radius 1 is 1.50 bits per heavy atom. The molecular weight excluding hydrogens is 308 g/mol. The largest absolute Gasteiger partial charge is 0.466 e. The van der Waals surface area contributed by atoms with Gasteiger partial charge in [-0.2, -0.15) is 5.10 Å². The number of rotatable bonds is 2. The molecule has 2 N–H and O–H groups in total. The molecule has 2 heterocycles. The molecule has 2 aromatic rings. The molecule has 0 saturated heterocycles. The van der Waals surface area contributed by atoms with E-state index in [0.717, 1.165) is 0 Å². The Hall–Kier alpha value is -2.54. The first kappa shape index (κ1) is 14.4. The van der Waals surface area contributed by atoms with E-state index >= 15 is 0 Å². The fourth-order valence-electron chi connectivity index (χ4n) is 2.08. The number of aryl methyl sites for hydroxylation is 1. The number of halogens is 1. The van der Waals surface area contributed by atoms with Gasteiger partial charge in [-0.1, -0.05) is 11.6 Å². The summed E-state index contributed by atoms with van der Waals surface area (Å²) >= 11 is 5.87. The summed E-state index contributed by atoms with van der Waals surface area (Å²) < 4.78 is 7.16. The summed E-state index contributed by atoms with van der Waals surface area (Å²) in [5, 5.41) is 9.66. The number of carbonyl (C=O) groups is 2. The van der Waals surface area contributed by atoms with Crippen molar-refractivity contribution in [2.45, 2.75) is 12.5 Å². The standard InChI is InChI=1S/C14H13ClN4O3/c1-14(12(20)17-9-6-16-19(2)7-9)13(21)18-10-5-8(15)3-4-11(10)22-14/h3-7H,1-2H3,(H,17,20)(H,18,21). The predicted octanol–water partition coefficient (Wildman–Crippen LogP) is 1.80. The van der Waals surface area contributed by atoms with Gasteiger partial charge in [-0.05, 0) is 25.1 Å². The van der Waals surface area contributed by atoms with Crippen molar-refractivity contribution in [3.05, 3.63) is 35.6 Å². The molecule has 1 atom stereocenters. The third-order valence-electron chi connectivity index (χ3n) is 3.33. The molecular formula is C14H13ClN4O3. The average Bonchev–Trinajstić information content (AvgIpc) is 2.86. The molecule has 1 aromatic carbocycles. The second kappa shape index (κ2) is 5.03. The second-order valence-electron chi connectivity index (χ2n) is 5.09. The van der Waals surface area contributed by atoms with E-state index in [1.54, 1.807) is 31.4 Å². The van der Waals surface area contributed by atoms with Gasteiger partial charge in [0.25, 0.3) is 17.4 Å². The zero-order chi connectivity index (χ0) is 15.9. The van der Waals surface area contributed by atoms with Gasteiger partial charge in [0, 0.05) is 18.3 Å². The fraction of sp³-hybridized carbons (Fsp3) is 0.214. The zero-order valence-corrected chi connectivity index (χ0v) is 12.6. The number of nitrogens with one attached hydrogen (secondary N) is 2. The van der Waals surface area contributed by atoms with Gasteiger partial charge in [0.15, 0.2) is 0 Å². The lowest BCUT2D eigenvalue weighted by molar-refractivity contribution is -0.143. The molecule has 1 aliphatic rings. The molecule has 1 unspecified atom stereocenters. The third kappa shape index (κ3) is 2.39. The molecule has 1 aromatic heterocycles. The Bertz CT molecular complexity index is 773. The summed E-state index contributed by atoms with van der Waals surface area (Å²) in [6.45, 7) is 1.41. The van der Waals surface area contributed by atoms with E-state index in [9.17, 15) is 9.59 Å². The highest BCUT2D eigenvalue weighted by molar-refractivity contribution is 6.31. The van der Waals surface area contributed by atoms with E-state index in [-0.39, 0.29) is 0 Å². The van der Waals surface area contributed by atoms with Crippen LogP contribution in [0.3, 0.4) is 0 Å². The zero-order valence-electron chi connectivity index (χ0n) is 11.9. The first-order valence-electron chi connectivity index (χ1n) is 6.48. The van der Waals surface area contributed by atoms with Crippen LogP contribution in [-0.2, 0) is 16.6 Å². The number of nitrogens with zero attached hydrogens (tertiary/aromatic N) is 2. The van der Waals surface area contributed by atoms with E-state index in [2.05, 4.69) is 15.7 Å². The van der Waals surface area contributed by atoms with Crippen LogP contribution >= 0.6 is 11.6 Å². The number of hydrogen-bond donors (Lipinski definition) is 2. The van der Waals surface area contributed by atoms with Crippen molar-refractivity contribution < 1.29 is 14.3 Å². The fourth-order valence-corrected chi connectivity index (χ4v) is 2.25. The number of anilines is 2. The molecule has 0 saturated carbocycles. The summed E-state index contributed by atoms with van der Waals surface area (Å²) in [6.07, 6.45) is 3.10. The van der Waals surface area contributed by atoms with Gasteiger partial charge in [0.2, 0.25) is 0 Å². The Kier molecular flexibility index (Phi) is 3.29. The van der Waals surface area contributed by atoms with Gasteiger partial charge in [-0.25, -0.2) is 0 Å². The molecule has 3 rings (SSSR count). The van der Waals surface area contributed by atoms with Gasteiger partial charge in [-0.3, -0.25) is 14.3 Å². The number of amides is 2. The van der Waals surface area contributed by atoms with Crippen LogP contribution in [0.1, 0.15) is 6.92 Å². The lowest BCUT2D eigenvalue weighted by atomic mass is 10.0. The van der Waals surface area contributed by atoms with Crippen LogP contribution in [0.4, 0.5) is 11.4 Å². The monoisotopic (exact) mass is 320 g/mol. The number of aromatic nitrogens is 2. The molecule has 0 fully saturated rings. The Balaban J connectivity index is 1.87. The number of benzene rings is 1. The average molecular weight is 321 g/mol. The summed E-state index contributed by atoms with van der Waals surface area (Å²) in [7, 11) is 1.72. The van der Waals surface area contributed by atoms with Gasteiger partial charge in [0.1, 0.15) is 5.75 Å². The number of fused-ring (bicyclic) bond motifs is 1. The van der Waals surface area contributed by atoms with E-state index in [0.29, 0.717) is 22.1 Å². The molecule has 114 valence electrons. The molecule has 0 radical (unpaired) electrons. The molecule has 0 aliphatic carbocycles. The first-order chi connectivity index (χ1) is 10.4. The minimum absolute atomic E-state index is 0.382. The minimum atomic E-state index is -1.68. The van der Waals surface area contributed by atoms with Crippen LogP contribution in [0.15, 0.2) is 30.6 Å². The molecule has 0 bridgehead atoms. The highest BCUT2D eigenvalue weighted by Crippen LogP contribution is 2.35. The molecule has 1 aliphatic heterocycles. The topological polar surface area (TPSA) is 85.3 Å². The summed E-state index contributed by atoms with van der Waals surface area (Å²) in [5.41, 5.74) is -0.771. The lowest BCUT2D eigenvalue weighted by Crippen LogP contribution is -2.56. The summed E-state index contributed by atoms with van der Waals surface area (Å²) in [5.74, 6) is -0.768. The van der Waals surface area contributed by atoms with Crippen molar-refractivity contribution in [2.24, 2.45) is 7.05 Å². The van der Waals surface area contributed by atoms with Crippen molar-refractivity contribution in [1.29, 1.82) is 0 Å². The van der Waals surface area contributed by atoms with Crippen molar-refractivity contribution in [3.63, 3.8) is 0 Å². The van der Waals surface area contributed by atoms with E-state index in [1.807, 2.05) is 0 Å². The van der Waals surface area contributed by atoms with Crippen molar-refractivity contribution in [2.75, 3.05) is 10.6 Å². The van der Waals surface area contributed by atoms with E-state index < -0.39 is 17.4 Å². The third-order valence-corrected chi connectivity index (χ3v) is 3.57. The van der Waals surface area contributed by atoms with Crippen LogP contribution in [-0.4, -0.2) is 27.2 Å². The highest BCUT2D eigenvalue weighted by Gasteiger charge is 2.47. The van der Waals surface area contributed by atoms with Crippen LogP contribution < -0.4 is 15.4 Å². The van der Waals surface area contributed by atoms with Gasteiger partial charge in [-0.15, -0.1) is 0 Å². The predicted molar refractivity (Wildman–Crippen MR) is 81.0 cm³/mol. The SMILES string of the molecule is Cn1cc(NC(=O)C2(C)Oc3ccc(Cl)cc3NC2=O)cn1. The summed E-state index contributed by atoms with van der Waals surface area (Å²) in [6, 6.07) is 4.79. The molecule has 2 amide bonds. The number of hydrogen-bond acceptors (Lipinski definition) is 4. The van der Waals surface area contributed by atoms with E-state index in [1.165, 1.54) is 17.8 Å². The minimum Gasteiger partial charge on any atom is -0.466 e. The number of carbonyl (C=O) groups excluding carboxylic acids is 2. The van der Waals surface area contributed by atoms with Crippen molar-refractivity contribution in [3.8, 4) is 5.75 Å². The van der Waals surface area contributed by atoms with Crippen LogP contribution in [0.25, 0.3) is 0 Å². The van der Waals surface area contributed by atoms with Gasteiger partial charge < -0.3 is 15.4 Å². The lowest BCUT2D eigenvalue weighted by Gasteiger charge is -2.33. The quantitative estimate of drug-likeness (QED) is 0.826. The van der Waals surface area contributed by atoms with Crippen molar-refractivity contribution >= 4 is 34.8 Å². The molecule has 22 heavy (non-hydrogen) atoms. The van der Waals surface area contributed by atoms with Gasteiger partial charge in [0.05, 0.1) is 17.6 Å². The smallest absolute Gasteiger partial charge is 0.278 e. The van der Waals surface area contributed by atoms with E-state index in [4.69, 9.17) is 16.3 Å². The normalized spacial score (nSPS) is 19.9.